The van der Waals surface area contributed by atoms with Crippen molar-refractivity contribution in [2.45, 2.75) is 52.3 Å². The first kappa shape index (κ1) is 29.8. The van der Waals surface area contributed by atoms with Crippen molar-refractivity contribution in [3.63, 3.8) is 0 Å². The van der Waals surface area contributed by atoms with E-state index in [-0.39, 0.29) is 5.91 Å². The van der Waals surface area contributed by atoms with Crippen LogP contribution in [0.25, 0.3) is 0 Å². The van der Waals surface area contributed by atoms with Gasteiger partial charge < -0.3 is 14.7 Å². The maximum Gasteiger partial charge on any atom is 0.490 e. The summed E-state index contributed by atoms with van der Waals surface area (Å²) in [5.41, 5.74) is 3.29. The number of alkyl halides is 3. The van der Waals surface area contributed by atoms with E-state index in [2.05, 4.69) is 23.1 Å². The summed E-state index contributed by atoms with van der Waals surface area (Å²) in [5.74, 6) is -1.62. The predicted octanol–water partition coefficient (Wildman–Crippen LogP) is 6.20. The maximum absolute atomic E-state index is 13.0. The first-order valence-electron chi connectivity index (χ1n) is 12.7. The number of likely N-dealkylation sites (tertiary alicyclic amines) is 2. The third kappa shape index (κ3) is 7.63. The molecule has 2 fully saturated rings. The van der Waals surface area contributed by atoms with E-state index in [4.69, 9.17) is 26.2 Å². The number of aliphatic carboxylic acids is 1. The molecule has 0 atom stereocenters. The van der Waals surface area contributed by atoms with Gasteiger partial charge in [-0.15, -0.1) is 0 Å². The number of nitrogens with zero attached hydrogens (tertiary/aromatic N) is 2. The first-order chi connectivity index (χ1) is 18.0. The number of carboxylic acids is 1. The van der Waals surface area contributed by atoms with E-state index in [0.29, 0.717) is 17.0 Å². The lowest BCUT2D eigenvalue weighted by Gasteiger charge is -2.47. The Morgan fingerprint density at radius 3 is 2.16 bits per heavy atom. The molecule has 2 aliphatic rings. The Balaban J connectivity index is 0.000000505. The third-order valence-electron chi connectivity index (χ3n) is 7.44. The van der Waals surface area contributed by atoms with Crippen LogP contribution in [0.1, 0.15) is 54.1 Å². The zero-order valence-electron chi connectivity index (χ0n) is 21.7. The lowest BCUT2D eigenvalue weighted by Crippen LogP contribution is -2.48. The van der Waals surface area contributed by atoms with Gasteiger partial charge in [0.1, 0.15) is 5.75 Å². The molecule has 0 aliphatic carbocycles. The van der Waals surface area contributed by atoms with Crippen LogP contribution in [0.3, 0.4) is 0 Å². The average Bonchev–Trinajstić information content (AvgIpc) is 2.88. The number of ether oxygens (including phenoxy) is 1. The van der Waals surface area contributed by atoms with Crippen molar-refractivity contribution in [2.24, 2.45) is 5.41 Å². The van der Waals surface area contributed by atoms with Crippen LogP contribution in [-0.2, 0) is 11.3 Å². The summed E-state index contributed by atoms with van der Waals surface area (Å²) in [6.45, 7) is 9.53. The van der Waals surface area contributed by atoms with E-state index in [0.717, 1.165) is 62.4 Å². The molecule has 2 saturated heterocycles. The fourth-order valence-corrected chi connectivity index (χ4v) is 5.23. The Morgan fingerprint density at radius 1 is 1.00 bits per heavy atom. The van der Waals surface area contributed by atoms with Gasteiger partial charge in [0.05, 0.1) is 6.61 Å². The van der Waals surface area contributed by atoms with Crippen molar-refractivity contribution in [3.05, 3.63) is 64.2 Å². The highest BCUT2D eigenvalue weighted by molar-refractivity contribution is 6.31. The molecule has 6 nitrogen and oxygen atoms in total. The zero-order chi connectivity index (χ0) is 27.9. The van der Waals surface area contributed by atoms with Gasteiger partial charge in [-0.2, -0.15) is 13.2 Å². The van der Waals surface area contributed by atoms with E-state index in [9.17, 15) is 18.0 Å². The fourth-order valence-electron chi connectivity index (χ4n) is 5.05. The van der Waals surface area contributed by atoms with E-state index in [1.54, 1.807) is 0 Å². The minimum atomic E-state index is -5.08. The van der Waals surface area contributed by atoms with Gasteiger partial charge in [-0.05, 0) is 81.8 Å². The van der Waals surface area contributed by atoms with Crippen molar-refractivity contribution in [2.75, 3.05) is 32.8 Å². The van der Waals surface area contributed by atoms with Gasteiger partial charge >= 0.3 is 12.1 Å². The number of para-hydroxylation sites is 1. The molecule has 0 unspecified atom stereocenters. The molecule has 0 saturated carbocycles. The molecule has 2 aromatic rings. The number of benzene rings is 2. The Morgan fingerprint density at radius 2 is 1.58 bits per heavy atom. The van der Waals surface area contributed by atoms with Gasteiger partial charge in [-0.1, -0.05) is 35.9 Å². The molecule has 0 radical (unpaired) electrons. The van der Waals surface area contributed by atoms with Crippen molar-refractivity contribution in [1.82, 2.24) is 9.80 Å². The first-order valence-corrected chi connectivity index (χ1v) is 13.1. The predicted molar refractivity (Wildman–Crippen MR) is 140 cm³/mol. The topological polar surface area (TPSA) is 70.1 Å². The lowest BCUT2D eigenvalue weighted by atomic mass is 9.71. The van der Waals surface area contributed by atoms with Gasteiger partial charge in [-0.25, -0.2) is 4.79 Å². The normalized spacial score (nSPS) is 17.5. The van der Waals surface area contributed by atoms with E-state index in [1.807, 2.05) is 43.0 Å². The van der Waals surface area contributed by atoms with E-state index >= 15 is 0 Å². The van der Waals surface area contributed by atoms with Crippen LogP contribution < -0.4 is 4.74 Å². The summed E-state index contributed by atoms with van der Waals surface area (Å²) < 4.78 is 37.5. The van der Waals surface area contributed by atoms with Crippen molar-refractivity contribution in [1.29, 1.82) is 0 Å². The van der Waals surface area contributed by atoms with Crippen LogP contribution in [0.15, 0.2) is 42.5 Å². The van der Waals surface area contributed by atoms with Gasteiger partial charge in [0.25, 0.3) is 5.91 Å². The number of hydrogen-bond acceptors (Lipinski definition) is 4. The van der Waals surface area contributed by atoms with Crippen LogP contribution in [0.4, 0.5) is 13.2 Å². The number of hydrogen-bond donors (Lipinski definition) is 1. The highest BCUT2D eigenvalue weighted by atomic mass is 35.5. The SMILES string of the molecule is CCOc1ccccc1CN1CCC2(CC1)CCN(C(=O)c1cccc(Cl)c1C)CC2.O=C(O)C(F)(F)F. The summed E-state index contributed by atoms with van der Waals surface area (Å²) in [5, 5.41) is 7.79. The minimum Gasteiger partial charge on any atom is -0.494 e. The smallest absolute Gasteiger partial charge is 0.490 e. The molecule has 1 amide bonds. The van der Waals surface area contributed by atoms with E-state index < -0.39 is 12.1 Å². The molecular formula is C28H34ClF3N2O4. The molecule has 1 N–H and O–H groups in total. The highest BCUT2D eigenvalue weighted by Crippen LogP contribution is 2.42. The quantitative estimate of drug-likeness (QED) is 0.476. The number of carbonyl (C=O) groups excluding carboxylic acids is 1. The van der Waals surface area contributed by atoms with Gasteiger partial charge in [-0.3, -0.25) is 9.69 Å². The number of rotatable bonds is 5. The Bertz CT molecular complexity index is 1110. The monoisotopic (exact) mass is 554 g/mol. The summed E-state index contributed by atoms with van der Waals surface area (Å²) in [7, 11) is 0. The molecule has 208 valence electrons. The van der Waals surface area contributed by atoms with Gasteiger partial charge in [0, 0.05) is 35.8 Å². The molecule has 0 bridgehead atoms. The molecule has 4 rings (SSSR count). The minimum absolute atomic E-state index is 0.125. The highest BCUT2D eigenvalue weighted by Gasteiger charge is 2.39. The molecule has 0 aromatic heterocycles. The zero-order valence-corrected chi connectivity index (χ0v) is 22.4. The second-order valence-electron chi connectivity index (χ2n) is 9.82. The molecule has 10 heteroatoms. The number of carboxylic acid groups (broad SMARTS) is 1. The number of halogens is 4. The number of piperidine rings is 2. The number of carbonyl (C=O) groups is 2. The second-order valence-corrected chi connectivity index (χ2v) is 10.2. The molecule has 38 heavy (non-hydrogen) atoms. The Labute approximate surface area is 226 Å². The van der Waals surface area contributed by atoms with Crippen LogP contribution in [0, 0.1) is 12.3 Å². The fraction of sp³-hybridized carbons (Fsp3) is 0.500. The summed E-state index contributed by atoms with van der Waals surface area (Å²) in [4.78, 5) is 26.5. The summed E-state index contributed by atoms with van der Waals surface area (Å²) in [6.07, 6.45) is -0.465. The standard InChI is InChI=1S/C26H33ClN2O2.C2HF3O2/c1-3-31-24-10-5-4-7-21(24)19-28-15-11-26(12-16-28)13-17-29(18-14-26)25(30)22-8-6-9-23(27)20(22)2;3-2(4,5)1(6)7/h4-10H,3,11-19H2,1-2H3;(H,6,7). The average molecular weight is 555 g/mol. The van der Waals surface area contributed by atoms with Crippen molar-refractivity contribution >= 4 is 23.5 Å². The van der Waals surface area contributed by atoms with Crippen molar-refractivity contribution < 1.29 is 32.6 Å². The summed E-state index contributed by atoms with van der Waals surface area (Å²) >= 11 is 6.23. The molecular weight excluding hydrogens is 521 g/mol. The maximum atomic E-state index is 13.0. The van der Waals surface area contributed by atoms with Gasteiger partial charge in [0.2, 0.25) is 0 Å². The number of amides is 1. The van der Waals surface area contributed by atoms with Crippen LogP contribution in [0.2, 0.25) is 5.02 Å². The van der Waals surface area contributed by atoms with Crippen LogP contribution >= 0.6 is 11.6 Å². The van der Waals surface area contributed by atoms with Gasteiger partial charge in [0.15, 0.2) is 0 Å². The van der Waals surface area contributed by atoms with Crippen molar-refractivity contribution in [3.8, 4) is 5.75 Å². The molecule has 2 aromatic carbocycles. The largest absolute Gasteiger partial charge is 0.494 e. The van der Waals surface area contributed by atoms with E-state index in [1.165, 1.54) is 18.4 Å². The lowest BCUT2D eigenvalue weighted by molar-refractivity contribution is -0.192. The third-order valence-corrected chi connectivity index (χ3v) is 7.84. The van der Waals surface area contributed by atoms with Crippen LogP contribution in [-0.4, -0.2) is 65.7 Å². The Hall–Kier alpha value is -2.78. The summed E-state index contributed by atoms with van der Waals surface area (Å²) in [6, 6.07) is 14.0. The van der Waals surface area contributed by atoms with Crippen LogP contribution in [0.5, 0.6) is 5.75 Å². The Kier molecular flexibility index (Phi) is 10.1. The molecule has 1 spiro atoms. The molecule has 2 heterocycles. The molecule has 2 aliphatic heterocycles. The second kappa shape index (κ2) is 12.8.